The van der Waals surface area contributed by atoms with Crippen LogP contribution < -0.4 is 0 Å². The van der Waals surface area contributed by atoms with Crippen LogP contribution in [0.1, 0.15) is 5.56 Å². The van der Waals surface area contributed by atoms with Gasteiger partial charge in [-0.05, 0) is 17.7 Å². The number of aliphatic hydroxyl groups excluding tert-OH is 2. The summed E-state index contributed by atoms with van der Waals surface area (Å²) in [5, 5.41) is 17.4. The molecule has 2 heteroatoms. The molecule has 0 saturated heterocycles. The highest BCUT2D eigenvalue weighted by Gasteiger charge is 1.90. The second kappa shape index (κ2) is 5.33. The summed E-state index contributed by atoms with van der Waals surface area (Å²) in [6.07, 6.45) is 2.35. The number of rotatable bonds is 3. The van der Waals surface area contributed by atoms with Gasteiger partial charge in [0.1, 0.15) is 6.10 Å². The van der Waals surface area contributed by atoms with Gasteiger partial charge in [0.2, 0.25) is 0 Å². The molecule has 0 unspecified atom stereocenters. The van der Waals surface area contributed by atoms with Crippen molar-refractivity contribution in [3.05, 3.63) is 47.7 Å². The predicted molar refractivity (Wildman–Crippen MR) is 52.1 cm³/mol. The number of hydrogen-bond donors (Lipinski definition) is 2. The fourth-order valence-corrected chi connectivity index (χ4v) is 0.857. The van der Waals surface area contributed by atoms with Gasteiger partial charge in [-0.15, -0.1) is 5.73 Å². The molecule has 2 nitrogen and oxygen atoms in total. The number of benzene rings is 1. The van der Waals surface area contributed by atoms with E-state index in [1.807, 2.05) is 30.3 Å². The zero-order chi connectivity index (χ0) is 9.52. The molecule has 0 heterocycles. The summed E-state index contributed by atoms with van der Waals surface area (Å²) in [6, 6.07) is 9.66. The first kappa shape index (κ1) is 9.75. The summed E-state index contributed by atoms with van der Waals surface area (Å²) in [5.41, 5.74) is 3.81. The molecule has 1 aromatic carbocycles. The van der Waals surface area contributed by atoms with E-state index in [4.69, 9.17) is 10.2 Å². The Kier molecular flexibility index (Phi) is 4.00. The molecule has 0 saturated carbocycles. The third-order valence-corrected chi connectivity index (χ3v) is 1.53. The van der Waals surface area contributed by atoms with E-state index in [1.54, 1.807) is 6.08 Å². The van der Waals surface area contributed by atoms with Gasteiger partial charge in [0, 0.05) is 0 Å². The van der Waals surface area contributed by atoms with E-state index in [-0.39, 0.29) is 6.61 Å². The molecule has 13 heavy (non-hydrogen) atoms. The molecule has 1 aromatic rings. The molecule has 1 rings (SSSR count). The highest BCUT2D eigenvalue weighted by molar-refractivity contribution is 5.48. The van der Waals surface area contributed by atoms with Crippen LogP contribution in [-0.4, -0.2) is 22.9 Å². The van der Waals surface area contributed by atoms with E-state index in [0.29, 0.717) is 0 Å². The van der Waals surface area contributed by atoms with Crippen molar-refractivity contribution >= 4 is 6.08 Å². The van der Waals surface area contributed by atoms with Crippen molar-refractivity contribution in [3.63, 3.8) is 0 Å². The Labute approximate surface area is 77.5 Å². The molecule has 2 N–H and O–H groups in total. The molecular formula is C11H12O2. The van der Waals surface area contributed by atoms with Crippen LogP contribution in [-0.2, 0) is 0 Å². The first-order chi connectivity index (χ1) is 6.33. The Morgan fingerprint density at radius 2 is 2.00 bits per heavy atom. The molecule has 0 spiro atoms. The van der Waals surface area contributed by atoms with Gasteiger partial charge in [-0.2, -0.15) is 0 Å². The average molecular weight is 176 g/mol. The smallest absolute Gasteiger partial charge is 0.102 e. The maximum atomic E-state index is 8.95. The Morgan fingerprint density at radius 3 is 2.62 bits per heavy atom. The summed E-state index contributed by atoms with van der Waals surface area (Å²) < 4.78 is 0. The largest absolute Gasteiger partial charge is 0.393 e. The van der Waals surface area contributed by atoms with Crippen molar-refractivity contribution in [2.45, 2.75) is 6.10 Å². The summed E-state index contributed by atoms with van der Waals surface area (Å²) >= 11 is 0. The van der Waals surface area contributed by atoms with Gasteiger partial charge in [-0.25, -0.2) is 0 Å². The predicted octanol–water partition coefficient (Wildman–Crippen LogP) is 1.21. The molecule has 0 radical (unpaired) electrons. The molecule has 0 aliphatic heterocycles. The van der Waals surface area contributed by atoms with Crippen molar-refractivity contribution < 1.29 is 10.2 Å². The molecule has 0 amide bonds. The van der Waals surface area contributed by atoms with Crippen molar-refractivity contribution in [2.75, 3.05) is 6.61 Å². The lowest BCUT2D eigenvalue weighted by molar-refractivity contribution is 0.131. The fourth-order valence-electron chi connectivity index (χ4n) is 0.857. The fraction of sp³-hybridized carbons (Fsp3) is 0.182. The van der Waals surface area contributed by atoms with Gasteiger partial charge in [0.05, 0.1) is 6.61 Å². The van der Waals surface area contributed by atoms with Crippen LogP contribution in [0.4, 0.5) is 0 Å². The molecule has 0 aromatic heterocycles. The third kappa shape index (κ3) is 3.72. The first-order valence-electron chi connectivity index (χ1n) is 4.09. The van der Waals surface area contributed by atoms with Gasteiger partial charge in [0.25, 0.3) is 0 Å². The van der Waals surface area contributed by atoms with Gasteiger partial charge >= 0.3 is 0 Å². The lowest BCUT2D eigenvalue weighted by Gasteiger charge is -1.94. The van der Waals surface area contributed by atoms with Gasteiger partial charge < -0.3 is 10.2 Å². The summed E-state index contributed by atoms with van der Waals surface area (Å²) in [6.45, 7) is -0.268. The van der Waals surface area contributed by atoms with E-state index in [9.17, 15) is 0 Å². The lowest BCUT2D eigenvalue weighted by atomic mass is 10.2. The summed E-state index contributed by atoms with van der Waals surface area (Å²) in [7, 11) is 0. The Bertz CT molecular complexity index is 297. The van der Waals surface area contributed by atoms with Crippen LogP contribution in [0.15, 0.2) is 42.1 Å². The van der Waals surface area contributed by atoms with Crippen LogP contribution in [0, 0.1) is 0 Å². The topological polar surface area (TPSA) is 40.5 Å². The average Bonchev–Trinajstić information content (AvgIpc) is 2.19. The molecule has 1 atom stereocenters. The molecular weight excluding hydrogens is 164 g/mol. The summed E-state index contributed by atoms with van der Waals surface area (Å²) in [5.74, 6) is 0. The second-order valence-electron chi connectivity index (χ2n) is 2.64. The zero-order valence-electron chi connectivity index (χ0n) is 7.22. The minimum atomic E-state index is -0.819. The van der Waals surface area contributed by atoms with Crippen LogP contribution in [0.2, 0.25) is 0 Å². The van der Waals surface area contributed by atoms with E-state index in [0.717, 1.165) is 5.56 Å². The van der Waals surface area contributed by atoms with Gasteiger partial charge in [-0.3, -0.25) is 0 Å². The quantitative estimate of drug-likeness (QED) is 0.679. The van der Waals surface area contributed by atoms with Crippen molar-refractivity contribution in [1.82, 2.24) is 0 Å². The van der Waals surface area contributed by atoms with E-state index in [2.05, 4.69) is 5.73 Å². The second-order valence-corrected chi connectivity index (χ2v) is 2.64. The normalized spacial score (nSPS) is 11.5. The van der Waals surface area contributed by atoms with E-state index >= 15 is 0 Å². The first-order valence-corrected chi connectivity index (χ1v) is 4.09. The Hall–Kier alpha value is -1.34. The minimum Gasteiger partial charge on any atom is -0.393 e. The summed E-state index contributed by atoms with van der Waals surface area (Å²) in [4.78, 5) is 0. The zero-order valence-corrected chi connectivity index (χ0v) is 7.22. The van der Waals surface area contributed by atoms with Crippen molar-refractivity contribution in [3.8, 4) is 0 Å². The van der Waals surface area contributed by atoms with E-state index < -0.39 is 6.10 Å². The molecule has 0 fully saturated rings. The maximum absolute atomic E-state index is 8.95. The highest BCUT2D eigenvalue weighted by atomic mass is 16.3. The Morgan fingerprint density at radius 1 is 1.31 bits per heavy atom. The van der Waals surface area contributed by atoms with E-state index in [1.165, 1.54) is 6.08 Å². The van der Waals surface area contributed by atoms with Gasteiger partial charge in [-0.1, -0.05) is 30.3 Å². The monoisotopic (exact) mass is 176 g/mol. The third-order valence-electron chi connectivity index (χ3n) is 1.53. The standard InChI is InChI=1S/C11H12O2/c12-9-11(13)8-4-7-10-5-2-1-3-6-10/h1-3,5-8,11-13H,9H2/t4?,11-/m0/s1. The van der Waals surface area contributed by atoms with Crippen LogP contribution in [0.3, 0.4) is 0 Å². The SMILES string of the molecule is OC[C@@H](O)C=C=Cc1ccccc1. The molecule has 0 bridgehead atoms. The van der Waals surface area contributed by atoms with Crippen LogP contribution in [0.25, 0.3) is 6.08 Å². The number of aliphatic hydroxyl groups is 2. The number of hydrogen-bond acceptors (Lipinski definition) is 2. The molecule has 0 aliphatic carbocycles. The molecule has 68 valence electrons. The van der Waals surface area contributed by atoms with Crippen molar-refractivity contribution in [2.24, 2.45) is 0 Å². The minimum absolute atomic E-state index is 0.268. The maximum Gasteiger partial charge on any atom is 0.102 e. The van der Waals surface area contributed by atoms with Crippen molar-refractivity contribution in [1.29, 1.82) is 0 Å². The van der Waals surface area contributed by atoms with Crippen LogP contribution >= 0.6 is 0 Å². The van der Waals surface area contributed by atoms with Gasteiger partial charge in [0.15, 0.2) is 0 Å². The Balaban J connectivity index is 2.63. The molecule has 0 aliphatic rings. The lowest BCUT2D eigenvalue weighted by Crippen LogP contribution is -2.06. The highest BCUT2D eigenvalue weighted by Crippen LogP contribution is 1.99. The van der Waals surface area contributed by atoms with Crippen LogP contribution in [0.5, 0.6) is 0 Å².